The molecule has 1 heterocycles. The topological polar surface area (TPSA) is 125 Å². The molecule has 1 amide bonds. The highest BCUT2D eigenvalue weighted by atomic mass is 32.1. The molecule has 196 valence electrons. The van der Waals surface area contributed by atoms with Gasteiger partial charge in [-0.3, -0.25) is 9.59 Å². The Hall–Kier alpha value is -3.86. The van der Waals surface area contributed by atoms with Gasteiger partial charge in [-0.2, -0.15) is 0 Å². The zero-order valence-electron chi connectivity index (χ0n) is 20.7. The van der Waals surface area contributed by atoms with E-state index in [0.29, 0.717) is 47.6 Å². The number of anilines is 1. The van der Waals surface area contributed by atoms with Gasteiger partial charge in [0.1, 0.15) is 17.7 Å². The molecule has 1 atom stereocenters. The van der Waals surface area contributed by atoms with Gasteiger partial charge in [0.05, 0.1) is 18.0 Å². The van der Waals surface area contributed by atoms with Crippen molar-refractivity contribution in [3.05, 3.63) is 70.0 Å². The van der Waals surface area contributed by atoms with E-state index >= 15 is 0 Å². The van der Waals surface area contributed by atoms with Gasteiger partial charge in [-0.05, 0) is 74.3 Å². The number of benzene rings is 2. The third-order valence-corrected chi connectivity index (χ3v) is 5.96. The number of rotatable bonds is 11. The lowest BCUT2D eigenvalue weighted by molar-refractivity contribution is -0.145. The number of ether oxygens (including phenoxy) is 1. The summed E-state index contributed by atoms with van der Waals surface area (Å²) in [6.07, 6.45) is 1.99. The molecule has 37 heavy (non-hydrogen) atoms. The molecule has 3 aromatic rings. The van der Waals surface area contributed by atoms with Crippen LogP contribution in [0.1, 0.15) is 37.1 Å². The SMILES string of the molecule is COC(=O)[C@H](CCCCNC(=S)Nc1ccc(F)cc1C)NC(=O)CCc1nc2ccccc2c(=O)[nH]1. The predicted molar refractivity (Wildman–Crippen MR) is 144 cm³/mol. The Balaban J connectivity index is 1.42. The molecular weight excluding hydrogens is 497 g/mol. The number of amides is 1. The minimum absolute atomic E-state index is 0.0546. The number of hydrogen-bond donors (Lipinski definition) is 4. The van der Waals surface area contributed by atoms with E-state index in [4.69, 9.17) is 17.0 Å². The molecule has 2 aromatic carbocycles. The Bertz CT molecular complexity index is 1330. The van der Waals surface area contributed by atoms with Gasteiger partial charge in [0, 0.05) is 25.1 Å². The molecular formula is C26H30FN5O4S. The summed E-state index contributed by atoms with van der Waals surface area (Å²) in [5.74, 6) is -0.777. The average Bonchev–Trinajstić information content (AvgIpc) is 2.87. The number of carbonyl (C=O) groups is 2. The Labute approximate surface area is 219 Å². The lowest BCUT2D eigenvalue weighted by atomic mass is 10.1. The Morgan fingerprint density at radius 1 is 1.19 bits per heavy atom. The normalized spacial score (nSPS) is 11.5. The van der Waals surface area contributed by atoms with Crippen molar-refractivity contribution in [3.8, 4) is 0 Å². The molecule has 1 aromatic heterocycles. The maximum absolute atomic E-state index is 13.2. The van der Waals surface area contributed by atoms with Crippen molar-refractivity contribution >= 4 is 45.8 Å². The van der Waals surface area contributed by atoms with Crippen LogP contribution in [0.15, 0.2) is 47.3 Å². The second-order valence-corrected chi connectivity index (χ2v) is 8.92. The summed E-state index contributed by atoms with van der Waals surface area (Å²) < 4.78 is 18.1. The van der Waals surface area contributed by atoms with Crippen molar-refractivity contribution < 1.29 is 18.7 Å². The number of aromatic nitrogens is 2. The number of esters is 1. The van der Waals surface area contributed by atoms with Crippen molar-refractivity contribution in [3.63, 3.8) is 0 Å². The van der Waals surface area contributed by atoms with Crippen LogP contribution < -0.4 is 21.5 Å². The van der Waals surface area contributed by atoms with Crippen LogP contribution in [0, 0.1) is 12.7 Å². The number of methoxy groups -OCH3 is 1. The number of nitrogens with zero attached hydrogens (tertiary/aromatic N) is 1. The van der Waals surface area contributed by atoms with Crippen LogP contribution in [-0.2, 0) is 20.7 Å². The third-order valence-electron chi connectivity index (χ3n) is 5.71. The van der Waals surface area contributed by atoms with Crippen molar-refractivity contribution in [1.29, 1.82) is 0 Å². The monoisotopic (exact) mass is 527 g/mol. The minimum atomic E-state index is -0.784. The molecule has 0 unspecified atom stereocenters. The smallest absolute Gasteiger partial charge is 0.328 e. The average molecular weight is 528 g/mol. The van der Waals surface area contributed by atoms with E-state index in [0.717, 1.165) is 11.3 Å². The lowest BCUT2D eigenvalue weighted by Crippen LogP contribution is -2.41. The van der Waals surface area contributed by atoms with E-state index in [9.17, 15) is 18.8 Å². The summed E-state index contributed by atoms with van der Waals surface area (Å²) in [4.78, 5) is 43.9. The molecule has 0 saturated heterocycles. The fourth-order valence-corrected chi connectivity index (χ4v) is 3.96. The van der Waals surface area contributed by atoms with Gasteiger partial charge in [0.25, 0.3) is 5.56 Å². The highest BCUT2D eigenvalue weighted by molar-refractivity contribution is 7.80. The zero-order valence-corrected chi connectivity index (χ0v) is 21.5. The molecule has 0 bridgehead atoms. The van der Waals surface area contributed by atoms with Crippen molar-refractivity contribution in [2.24, 2.45) is 0 Å². The zero-order chi connectivity index (χ0) is 26.8. The van der Waals surface area contributed by atoms with E-state index in [1.54, 1.807) is 37.3 Å². The van der Waals surface area contributed by atoms with E-state index in [2.05, 4.69) is 25.9 Å². The fraction of sp³-hybridized carbons (Fsp3) is 0.346. The van der Waals surface area contributed by atoms with Gasteiger partial charge in [-0.25, -0.2) is 14.2 Å². The number of unbranched alkanes of at least 4 members (excludes halogenated alkanes) is 1. The van der Waals surface area contributed by atoms with Gasteiger partial charge >= 0.3 is 5.97 Å². The Morgan fingerprint density at radius 2 is 1.97 bits per heavy atom. The number of thiocarbonyl (C=S) groups is 1. The molecule has 0 aliphatic rings. The second-order valence-electron chi connectivity index (χ2n) is 8.51. The van der Waals surface area contributed by atoms with Crippen LogP contribution in [0.2, 0.25) is 0 Å². The summed E-state index contributed by atoms with van der Waals surface area (Å²) in [5.41, 5.74) is 1.76. The van der Waals surface area contributed by atoms with Crippen molar-refractivity contribution in [2.75, 3.05) is 19.0 Å². The molecule has 0 radical (unpaired) electrons. The van der Waals surface area contributed by atoms with Gasteiger partial charge < -0.3 is 25.7 Å². The number of carbonyl (C=O) groups excluding carboxylic acids is 2. The van der Waals surface area contributed by atoms with Crippen LogP contribution in [0.5, 0.6) is 0 Å². The molecule has 0 fully saturated rings. The number of aromatic amines is 1. The van der Waals surface area contributed by atoms with E-state index in [1.807, 2.05) is 0 Å². The van der Waals surface area contributed by atoms with Crippen LogP contribution in [0.4, 0.5) is 10.1 Å². The number of aryl methyl sites for hydroxylation is 2. The molecule has 0 spiro atoms. The fourth-order valence-electron chi connectivity index (χ4n) is 3.75. The van der Waals surface area contributed by atoms with Crippen molar-refractivity contribution in [1.82, 2.24) is 20.6 Å². The second kappa shape index (κ2) is 13.4. The first-order chi connectivity index (χ1) is 17.8. The van der Waals surface area contributed by atoms with E-state index in [1.165, 1.54) is 19.2 Å². The van der Waals surface area contributed by atoms with E-state index in [-0.39, 0.29) is 30.1 Å². The van der Waals surface area contributed by atoms with Gasteiger partial charge in [-0.1, -0.05) is 12.1 Å². The first-order valence-corrected chi connectivity index (χ1v) is 12.3. The molecule has 0 aliphatic carbocycles. The maximum atomic E-state index is 13.2. The van der Waals surface area contributed by atoms with Crippen LogP contribution in [0.25, 0.3) is 10.9 Å². The van der Waals surface area contributed by atoms with Crippen molar-refractivity contribution in [2.45, 2.75) is 45.1 Å². The molecule has 11 heteroatoms. The quantitative estimate of drug-likeness (QED) is 0.170. The predicted octanol–water partition coefficient (Wildman–Crippen LogP) is 3.12. The highest BCUT2D eigenvalue weighted by Gasteiger charge is 2.21. The maximum Gasteiger partial charge on any atom is 0.328 e. The van der Waals surface area contributed by atoms with Gasteiger partial charge in [0.2, 0.25) is 5.91 Å². The summed E-state index contributed by atoms with van der Waals surface area (Å²) >= 11 is 5.28. The molecule has 0 saturated carbocycles. The molecule has 4 N–H and O–H groups in total. The summed E-state index contributed by atoms with van der Waals surface area (Å²) in [6.45, 7) is 2.34. The van der Waals surface area contributed by atoms with Crippen LogP contribution in [-0.4, -0.2) is 46.7 Å². The molecule has 0 aliphatic heterocycles. The Kier molecular flexibility index (Phi) is 10.1. The highest BCUT2D eigenvalue weighted by Crippen LogP contribution is 2.15. The largest absolute Gasteiger partial charge is 0.467 e. The first-order valence-electron chi connectivity index (χ1n) is 11.9. The standard InChI is InChI=1S/C26H30FN5O4S/c1-16-15-17(27)10-11-19(16)31-26(37)28-14-6-5-9-21(25(35)36-2)30-23(33)13-12-22-29-20-8-4-3-7-18(20)24(34)32-22/h3-4,7-8,10-11,15,21H,5-6,9,12-14H2,1-2H3,(H,30,33)(H2,28,31,37)(H,29,32,34)/t21-/m0/s1. The number of fused-ring (bicyclic) bond motifs is 1. The van der Waals surface area contributed by atoms with Crippen LogP contribution >= 0.6 is 12.2 Å². The number of H-pyrrole nitrogens is 1. The molecule has 9 nitrogen and oxygen atoms in total. The van der Waals surface area contributed by atoms with Gasteiger partial charge in [0.15, 0.2) is 5.11 Å². The van der Waals surface area contributed by atoms with Crippen LogP contribution in [0.3, 0.4) is 0 Å². The first kappa shape index (κ1) is 27.7. The van der Waals surface area contributed by atoms with E-state index < -0.39 is 12.0 Å². The third kappa shape index (κ3) is 8.35. The summed E-state index contributed by atoms with van der Waals surface area (Å²) in [6, 6.07) is 10.6. The summed E-state index contributed by atoms with van der Waals surface area (Å²) in [5, 5.41) is 9.70. The number of para-hydroxylation sites is 1. The minimum Gasteiger partial charge on any atom is -0.467 e. The van der Waals surface area contributed by atoms with Gasteiger partial charge in [-0.15, -0.1) is 0 Å². The lowest BCUT2D eigenvalue weighted by Gasteiger charge is -2.17. The Morgan fingerprint density at radius 3 is 2.73 bits per heavy atom. The number of nitrogens with one attached hydrogen (secondary N) is 4. The number of hydrogen-bond acceptors (Lipinski definition) is 6. The summed E-state index contributed by atoms with van der Waals surface area (Å²) in [7, 11) is 1.27. The molecule has 3 rings (SSSR count). The number of halogens is 1.